The molecule has 0 saturated heterocycles. The number of carbonyl (C=O) groups excluding carboxylic acids is 1. The largest absolute Gasteiger partial charge is 0.483 e. The first-order valence-corrected chi connectivity index (χ1v) is 7.94. The fourth-order valence-corrected chi connectivity index (χ4v) is 2.72. The number of hydrogen-bond acceptors (Lipinski definition) is 4. The van der Waals surface area contributed by atoms with Gasteiger partial charge in [0, 0.05) is 17.8 Å². The molecule has 0 atom stereocenters. The van der Waals surface area contributed by atoms with E-state index >= 15 is 0 Å². The van der Waals surface area contributed by atoms with Crippen molar-refractivity contribution in [1.29, 1.82) is 0 Å². The Labute approximate surface area is 142 Å². The average molecular weight is 323 g/mol. The van der Waals surface area contributed by atoms with Gasteiger partial charge >= 0.3 is 0 Å². The number of rotatable bonds is 6. The van der Waals surface area contributed by atoms with Gasteiger partial charge in [-0.3, -0.25) is 4.79 Å². The van der Waals surface area contributed by atoms with Crippen molar-refractivity contribution in [2.75, 3.05) is 11.6 Å². The van der Waals surface area contributed by atoms with Crippen LogP contribution in [0.3, 0.4) is 0 Å². The number of nitrogens with zero attached hydrogens (tertiary/aromatic N) is 1. The third kappa shape index (κ3) is 3.77. The number of benzene rings is 2. The molecule has 0 saturated carbocycles. The van der Waals surface area contributed by atoms with Crippen molar-refractivity contribution in [1.82, 2.24) is 0 Å². The first-order chi connectivity index (χ1) is 11.6. The van der Waals surface area contributed by atoms with E-state index in [4.69, 9.17) is 9.47 Å². The van der Waals surface area contributed by atoms with Gasteiger partial charge < -0.3 is 14.4 Å². The molecule has 2 aromatic rings. The van der Waals surface area contributed by atoms with Crippen LogP contribution in [0, 0.1) is 0 Å². The third-order valence-electron chi connectivity index (χ3n) is 3.90. The Morgan fingerprint density at radius 2 is 1.96 bits per heavy atom. The van der Waals surface area contributed by atoms with Gasteiger partial charge in [0.1, 0.15) is 11.4 Å². The summed E-state index contributed by atoms with van der Waals surface area (Å²) in [6.07, 6.45) is 4.15. The normalized spacial score (nSPS) is 14.4. The zero-order valence-corrected chi connectivity index (χ0v) is 13.9. The lowest BCUT2D eigenvalue weighted by molar-refractivity contribution is -0.128. The Bertz CT molecular complexity index is 738. The molecule has 4 nitrogen and oxygen atoms in total. The fraction of sp³-hybridized carbons (Fsp3) is 0.250. The minimum Gasteiger partial charge on any atom is -0.483 e. The molecule has 0 spiro atoms. The van der Waals surface area contributed by atoms with E-state index in [9.17, 15) is 4.79 Å². The molecule has 3 rings (SSSR count). The molecule has 124 valence electrons. The van der Waals surface area contributed by atoms with Crippen LogP contribution in [0.15, 0.2) is 54.6 Å². The summed E-state index contributed by atoms with van der Waals surface area (Å²) in [6.45, 7) is 5.40. The first-order valence-electron chi connectivity index (χ1n) is 7.94. The lowest BCUT2D eigenvalue weighted by Gasteiger charge is -2.29. The molecular weight excluding hydrogens is 302 g/mol. The summed E-state index contributed by atoms with van der Waals surface area (Å²) in [5.74, 6) is 0.890. The van der Waals surface area contributed by atoms with E-state index in [0.717, 1.165) is 22.6 Å². The van der Waals surface area contributed by atoms with Gasteiger partial charge in [0.2, 0.25) is 0 Å². The maximum Gasteiger partial charge on any atom is 0.294 e. The molecule has 1 aliphatic rings. The second-order valence-electron chi connectivity index (χ2n) is 6.34. The SMILES string of the molecule is CC1(C)C=Cc2cc(CN(COC=O)c3ccccc3)ccc2O1. The highest BCUT2D eigenvalue weighted by atomic mass is 16.5. The summed E-state index contributed by atoms with van der Waals surface area (Å²) in [7, 11) is 0. The minimum absolute atomic E-state index is 0.212. The lowest BCUT2D eigenvalue weighted by Crippen LogP contribution is -2.28. The summed E-state index contributed by atoms with van der Waals surface area (Å²) < 4.78 is 10.9. The Kier molecular flexibility index (Phi) is 4.56. The number of carbonyl (C=O) groups is 1. The van der Waals surface area contributed by atoms with Crippen LogP contribution in [0.1, 0.15) is 25.0 Å². The average Bonchev–Trinajstić information content (AvgIpc) is 2.59. The molecule has 2 aromatic carbocycles. The van der Waals surface area contributed by atoms with Crippen LogP contribution in [0.25, 0.3) is 6.08 Å². The highest BCUT2D eigenvalue weighted by molar-refractivity contribution is 5.62. The molecular formula is C20H21NO3. The van der Waals surface area contributed by atoms with Gasteiger partial charge in [0.05, 0.1) is 0 Å². The molecule has 0 amide bonds. The molecule has 0 aliphatic carbocycles. The summed E-state index contributed by atoms with van der Waals surface area (Å²) in [6, 6.07) is 16.0. The lowest BCUT2D eigenvalue weighted by atomic mass is 10.0. The van der Waals surface area contributed by atoms with Crippen LogP contribution in [0.2, 0.25) is 0 Å². The third-order valence-corrected chi connectivity index (χ3v) is 3.90. The van der Waals surface area contributed by atoms with Crippen LogP contribution in [0.4, 0.5) is 5.69 Å². The van der Waals surface area contributed by atoms with E-state index in [1.807, 2.05) is 61.2 Å². The second kappa shape index (κ2) is 6.79. The quantitative estimate of drug-likeness (QED) is 0.595. The molecule has 1 heterocycles. The number of hydrogen-bond donors (Lipinski definition) is 0. The number of fused-ring (bicyclic) bond motifs is 1. The molecule has 0 unspecified atom stereocenters. The molecule has 0 bridgehead atoms. The van der Waals surface area contributed by atoms with E-state index in [0.29, 0.717) is 13.0 Å². The van der Waals surface area contributed by atoms with Crippen LogP contribution in [-0.4, -0.2) is 18.8 Å². The van der Waals surface area contributed by atoms with Crippen molar-refractivity contribution in [2.24, 2.45) is 0 Å². The molecule has 1 aliphatic heterocycles. The topological polar surface area (TPSA) is 38.8 Å². The molecule has 0 N–H and O–H groups in total. The Morgan fingerprint density at radius 3 is 2.71 bits per heavy atom. The van der Waals surface area contributed by atoms with Crippen molar-refractivity contribution in [3.8, 4) is 5.75 Å². The van der Waals surface area contributed by atoms with Crippen molar-refractivity contribution in [3.63, 3.8) is 0 Å². The van der Waals surface area contributed by atoms with Crippen LogP contribution < -0.4 is 9.64 Å². The Balaban J connectivity index is 1.81. The van der Waals surface area contributed by atoms with E-state index in [1.54, 1.807) is 0 Å². The van der Waals surface area contributed by atoms with Gasteiger partial charge in [-0.05, 0) is 49.8 Å². The van der Waals surface area contributed by atoms with E-state index < -0.39 is 0 Å². The highest BCUT2D eigenvalue weighted by Gasteiger charge is 2.21. The Hall–Kier alpha value is -2.75. The Morgan fingerprint density at radius 1 is 1.17 bits per heavy atom. The zero-order chi connectivity index (χ0) is 17.0. The van der Waals surface area contributed by atoms with Crippen LogP contribution in [0.5, 0.6) is 5.75 Å². The highest BCUT2D eigenvalue weighted by Crippen LogP contribution is 2.31. The summed E-state index contributed by atoms with van der Waals surface area (Å²) >= 11 is 0. The molecule has 24 heavy (non-hydrogen) atoms. The monoisotopic (exact) mass is 323 g/mol. The predicted molar refractivity (Wildman–Crippen MR) is 94.8 cm³/mol. The minimum atomic E-state index is -0.275. The van der Waals surface area contributed by atoms with E-state index in [-0.39, 0.29) is 12.3 Å². The van der Waals surface area contributed by atoms with E-state index in [2.05, 4.69) is 18.2 Å². The fourth-order valence-electron chi connectivity index (χ4n) is 2.72. The summed E-state index contributed by atoms with van der Waals surface area (Å²) in [4.78, 5) is 12.6. The maximum atomic E-state index is 10.6. The van der Waals surface area contributed by atoms with Gasteiger partial charge in [-0.15, -0.1) is 0 Å². The van der Waals surface area contributed by atoms with Crippen LogP contribution >= 0.6 is 0 Å². The number of ether oxygens (including phenoxy) is 2. The number of para-hydroxylation sites is 1. The smallest absolute Gasteiger partial charge is 0.294 e. The maximum absolute atomic E-state index is 10.6. The predicted octanol–water partition coefficient (Wildman–Crippen LogP) is 4.01. The van der Waals surface area contributed by atoms with Gasteiger partial charge in [-0.25, -0.2) is 0 Å². The van der Waals surface area contributed by atoms with Gasteiger partial charge in [-0.1, -0.05) is 30.3 Å². The zero-order valence-electron chi connectivity index (χ0n) is 13.9. The van der Waals surface area contributed by atoms with Crippen molar-refractivity contribution < 1.29 is 14.3 Å². The van der Waals surface area contributed by atoms with Crippen molar-refractivity contribution in [3.05, 3.63) is 65.7 Å². The molecule has 4 heteroatoms. The second-order valence-corrected chi connectivity index (χ2v) is 6.34. The molecule has 0 aromatic heterocycles. The molecule has 0 fully saturated rings. The van der Waals surface area contributed by atoms with Gasteiger partial charge in [0.25, 0.3) is 6.47 Å². The van der Waals surface area contributed by atoms with Crippen molar-refractivity contribution >= 4 is 18.2 Å². The van der Waals surface area contributed by atoms with Gasteiger partial charge in [0.15, 0.2) is 6.73 Å². The summed E-state index contributed by atoms with van der Waals surface area (Å²) in [5.41, 5.74) is 2.92. The van der Waals surface area contributed by atoms with Gasteiger partial charge in [-0.2, -0.15) is 0 Å². The standard InChI is InChI=1S/C20H21NO3/c1-20(2)11-10-17-12-16(8-9-19(17)24-20)13-21(14-23-15-22)18-6-4-3-5-7-18/h3-12,15H,13-14H2,1-2H3. The van der Waals surface area contributed by atoms with Crippen LogP contribution in [-0.2, 0) is 16.1 Å². The molecule has 0 radical (unpaired) electrons. The summed E-state index contributed by atoms with van der Waals surface area (Å²) in [5, 5.41) is 0. The van der Waals surface area contributed by atoms with E-state index in [1.165, 1.54) is 0 Å². The number of anilines is 1. The van der Waals surface area contributed by atoms with Crippen molar-refractivity contribution in [2.45, 2.75) is 26.0 Å². The first kappa shape index (κ1) is 16.1.